The summed E-state index contributed by atoms with van der Waals surface area (Å²) in [5, 5.41) is 2.76. The van der Waals surface area contributed by atoms with Crippen LogP contribution in [-0.4, -0.2) is 28.1 Å². The summed E-state index contributed by atoms with van der Waals surface area (Å²) in [6, 6.07) is 1.26. The number of carbonyl (C=O) groups excluding carboxylic acids is 1. The molecule has 0 saturated carbocycles. The number of ether oxygens (including phenoxy) is 1. The lowest BCUT2D eigenvalue weighted by Gasteiger charge is -2.14. The highest BCUT2D eigenvalue weighted by molar-refractivity contribution is 7.14. The molecule has 0 aliphatic heterocycles. The first-order valence-corrected chi connectivity index (χ1v) is 7.09. The average molecular weight is 315 g/mol. The number of amides is 1. The van der Waals surface area contributed by atoms with Crippen LogP contribution in [0.15, 0.2) is 24.8 Å². The van der Waals surface area contributed by atoms with Gasteiger partial charge in [-0.25, -0.2) is 4.98 Å². The second-order valence-corrected chi connectivity index (χ2v) is 5.82. The minimum atomic E-state index is -2.95. The maximum Gasteiger partial charge on any atom is 0.387 e. The molecule has 0 spiro atoms. The fourth-order valence-electron chi connectivity index (χ4n) is 1.88. The highest BCUT2D eigenvalue weighted by atomic mass is 32.1. The minimum absolute atomic E-state index is 0.0835. The highest BCUT2D eigenvalue weighted by Gasteiger charge is 2.20. The van der Waals surface area contributed by atoms with E-state index in [1.807, 2.05) is 11.5 Å². The van der Waals surface area contributed by atoms with E-state index in [1.54, 1.807) is 25.6 Å². The van der Waals surface area contributed by atoms with Gasteiger partial charge in [0.15, 0.2) is 0 Å². The monoisotopic (exact) mass is 315 g/mol. The molecule has 1 amide bonds. The molecule has 1 atom stereocenters. The number of rotatable bonds is 6. The van der Waals surface area contributed by atoms with Gasteiger partial charge in [0.1, 0.15) is 10.6 Å². The number of nitrogens with zero attached hydrogens (tertiary/aromatic N) is 2. The van der Waals surface area contributed by atoms with Crippen molar-refractivity contribution in [1.82, 2.24) is 14.9 Å². The van der Waals surface area contributed by atoms with Crippen LogP contribution in [0, 0.1) is 6.92 Å². The lowest BCUT2D eigenvalue weighted by molar-refractivity contribution is -0.0498. The smallest absolute Gasteiger partial charge is 0.387 e. The Morgan fingerprint density at radius 2 is 2.33 bits per heavy atom. The molecular weight excluding hydrogens is 300 g/mol. The standard InChI is InChI=1S/C13H15F2N3O2S/c1-8(6-18-4-3-16-7-18)17-12(19)11-10(20-13(14)15)5-9(2)21-11/h3-5,7-8,13H,6H2,1-2H3,(H,17,19). The minimum Gasteiger partial charge on any atom is -0.433 e. The first-order chi connectivity index (χ1) is 9.95. The Labute approximate surface area is 124 Å². The quantitative estimate of drug-likeness (QED) is 0.891. The van der Waals surface area contributed by atoms with Gasteiger partial charge in [-0.2, -0.15) is 8.78 Å². The number of imidazole rings is 1. The second-order valence-electron chi connectivity index (χ2n) is 4.56. The third-order valence-electron chi connectivity index (χ3n) is 2.66. The molecule has 0 aromatic carbocycles. The van der Waals surface area contributed by atoms with Gasteiger partial charge in [-0.1, -0.05) is 0 Å². The van der Waals surface area contributed by atoms with Crippen molar-refractivity contribution >= 4 is 17.2 Å². The number of aromatic nitrogens is 2. The fourth-order valence-corrected chi connectivity index (χ4v) is 2.73. The number of alkyl halides is 2. The van der Waals surface area contributed by atoms with Crippen LogP contribution in [0.1, 0.15) is 21.5 Å². The van der Waals surface area contributed by atoms with Crippen LogP contribution in [0.5, 0.6) is 5.75 Å². The van der Waals surface area contributed by atoms with E-state index in [0.717, 1.165) is 16.2 Å². The summed E-state index contributed by atoms with van der Waals surface area (Å²) in [5.41, 5.74) is 0. The van der Waals surface area contributed by atoms with Crippen molar-refractivity contribution in [2.45, 2.75) is 33.0 Å². The molecule has 0 radical (unpaired) electrons. The van der Waals surface area contributed by atoms with E-state index in [2.05, 4.69) is 15.0 Å². The number of hydrogen-bond acceptors (Lipinski definition) is 4. The van der Waals surface area contributed by atoms with E-state index in [9.17, 15) is 13.6 Å². The topological polar surface area (TPSA) is 56.1 Å². The van der Waals surface area contributed by atoms with Gasteiger partial charge in [-0.15, -0.1) is 11.3 Å². The summed E-state index contributed by atoms with van der Waals surface area (Å²) in [6.07, 6.45) is 5.07. The Hall–Kier alpha value is -1.96. The summed E-state index contributed by atoms with van der Waals surface area (Å²) < 4.78 is 30.9. The molecule has 8 heteroatoms. The molecule has 2 aromatic rings. The molecule has 21 heavy (non-hydrogen) atoms. The van der Waals surface area contributed by atoms with E-state index in [1.165, 1.54) is 6.07 Å². The van der Waals surface area contributed by atoms with E-state index in [4.69, 9.17) is 0 Å². The van der Waals surface area contributed by atoms with Crippen LogP contribution in [0.3, 0.4) is 0 Å². The predicted octanol–water partition coefficient (Wildman–Crippen LogP) is 2.67. The van der Waals surface area contributed by atoms with Gasteiger partial charge in [0, 0.05) is 29.9 Å². The van der Waals surface area contributed by atoms with Crippen molar-refractivity contribution < 1.29 is 18.3 Å². The van der Waals surface area contributed by atoms with E-state index < -0.39 is 12.5 Å². The Morgan fingerprint density at radius 1 is 1.57 bits per heavy atom. The van der Waals surface area contributed by atoms with Gasteiger partial charge in [0.25, 0.3) is 5.91 Å². The van der Waals surface area contributed by atoms with Gasteiger partial charge in [0.05, 0.1) is 6.33 Å². The van der Waals surface area contributed by atoms with E-state index in [0.29, 0.717) is 6.54 Å². The summed E-state index contributed by atoms with van der Waals surface area (Å²) >= 11 is 1.12. The average Bonchev–Trinajstić information content (AvgIpc) is 2.98. The maximum absolute atomic E-state index is 12.3. The fraction of sp³-hybridized carbons (Fsp3) is 0.385. The van der Waals surface area contributed by atoms with Crippen LogP contribution in [0.4, 0.5) is 8.78 Å². The lowest BCUT2D eigenvalue weighted by atomic mass is 10.3. The molecule has 2 rings (SSSR count). The third kappa shape index (κ3) is 4.25. The van der Waals surface area contributed by atoms with Crippen molar-refractivity contribution in [3.8, 4) is 5.75 Å². The van der Waals surface area contributed by atoms with E-state index in [-0.39, 0.29) is 16.7 Å². The number of hydrogen-bond donors (Lipinski definition) is 1. The normalized spacial score (nSPS) is 12.4. The van der Waals surface area contributed by atoms with Crippen LogP contribution >= 0.6 is 11.3 Å². The molecule has 2 heterocycles. The van der Waals surface area contributed by atoms with Crippen molar-refractivity contribution in [1.29, 1.82) is 0 Å². The number of carbonyl (C=O) groups is 1. The van der Waals surface area contributed by atoms with Crippen LogP contribution < -0.4 is 10.1 Å². The molecule has 0 fully saturated rings. The van der Waals surface area contributed by atoms with Gasteiger partial charge in [0.2, 0.25) is 0 Å². The summed E-state index contributed by atoms with van der Waals surface area (Å²) in [7, 11) is 0. The molecule has 114 valence electrons. The zero-order valence-corrected chi connectivity index (χ0v) is 12.4. The van der Waals surface area contributed by atoms with Crippen LogP contribution in [0.25, 0.3) is 0 Å². The van der Waals surface area contributed by atoms with Gasteiger partial charge >= 0.3 is 6.61 Å². The Kier molecular flexibility index (Phi) is 4.89. The summed E-state index contributed by atoms with van der Waals surface area (Å²) in [6.45, 7) is 1.15. The van der Waals surface area contributed by atoms with Crippen LogP contribution in [-0.2, 0) is 6.54 Å². The first-order valence-electron chi connectivity index (χ1n) is 6.27. The Balaban J connectivity index is 2.02. The molecule has 0 bridgehead atoms. The largest absolute Gasteiger partial charge is 0.433 e. The van der Waals surface area contributed by atoms with Gasteiger partial charge in [-0.05, 0) is 19.9 Å². The third-order valence-corrected chi connectivity index (χ3v) is 3.70. The van der Waals surface area contributed by atoms with Crippen molar-refractivity contribution in [3.63, 3.8) is 0 Å². The molecule has 0 aliphatic rings. The number of nitrogens with one attached hydrogen (secondary N) is 1. The molecule has 1 unspecified atom stereocenters. The first kappa shape index (κ1) is 15.4. The summed E-state index contributed by atoms with van der Waals surface area (Å²) in [5.74, 6) is -0.504. The van der Waals surface area contributed by atoms with Gasteiger partial charge in [-0.3, -0.25) is 4.79 Å². The molecular formula is C13H15F2N3O2S. The SMILES string of the molecule is Cc1cc(OC(F)F)c(C(=O)NC(C)Cn2ccnc2)s1. The number of halogens is 2. The predicted molar refractivity (Wildman–Crippen MR) is 74.8 cm³/mol. The van der Waals surface area contributed by atoms with Crippen LogP contribution in [0.2, 0.25) is 0 Å². The second kappa shape index (κ2) is 6.66. The van der Waals surface area contributed by atoms with Crippen molar-refractivity contribution in [2.24, 2.45) is 0 Å². The lowest BCUT2D eigenvalue weighted by Crippen LogP contribution is -2.35. The van der Waals surface area contributed by atoms with E-state index >= 15 is 0 Å². The Bertz CT molecular complexity index is 599. The molecule has 0 aliphatic carbocycles. The number of aryl methyl sites for hydroxylation is 1. The number of thiophene rings is 1. The molecule has 2 aromatic heterocycles. The summed E-state index contributed by atoms with van der Waals surface area (Å²) in [4.78, 5) is 17.0. The molecule has 5 nitrogen and oxygen atoms in total. The van der Waals surface area contributed by atoms with Crippen molar-refractivity contribution in [2.75, 3.05) is 0 Å². The zero-order chi connectivity index (χ0) is 15.4. The molecule has 0 saturated heterocycles. The highest BCUT2D eigenvalue weighted by Crippen LogP contribution is 2.30. The Morgan fingerprint density at radius 3 is 2.95 bits per heavy atom. The van der Waals surface area contributed by atoms with Gasteiger partial charge < -0.3 is 14.6 Å². The van der Waals surface area contributed by atoms with Crippen molar-refractivity contribution in [3.05, 3.63) is 34.5 Å². The maximum atomic E-state index is 12.3. The zero-order valence-electron chi connectivity index (χ0n) is 11.5. The molecule has 1 N–H and O–H groups in total.